The Hall–Kier alpha value is -0.140. The van der Waals surface area contributed by atoms with E-state index in [0.29, 0.717) is 12.3 Å². The maximum atomic E-state index is 13.0. The van der Waals surface area contributed by atoms with Crippen molar-refractivity contribution in [2.45, 2.75) is 121 Å². The van der Waals surface area contributed by atoms with Crippen LogP contribution in [0.5, 0.6) is 0 Å². The standard InChI is InChI=1S/C10H20F2.C7H16.2C2H6/c1-8(2)5-6-10(11,12)7-9(3)4;1-4-6-7(3)5-2;2*1-2/h8-9H,5-7H2,1-4H3;7H,4-6H2,1-3H3;2*1-2H3. The molecule has 23 heavy (non-hydrogen) atoms. The Morgan fingerprint density at radius 1 is 0.739 bits per heavy atom. The summed E-state index contributed by atoms with van der Waals surface area (Å²) >= 11 is 0. The smallest absolute Gasteiger partial charge is 0.207 e. The molecule has 0 amide bonds. The fourth-order valence-corrected chi connectivity index (χ4v) is 1.90. The third-order valence-corrected chi connectivity index (χ3v) is 3.27. The van der Waals surface area contributed by atoms with E-state index < -0.39 is 5.92 Å². The van der Waals surface area contributed by atoms with Crippen LogP contribution in [-0.4, -0.2) is 5.92 Å². The van der Waals surface area contributed by atoms with Crippen LogP contribution in [0, 0.1) is 17.8 Å². The number of rotatable bonds is 8. The van der Waals surface area contributed by atoms with Crippen LogP contribution in [0.15, 0.2) is 0 Å². The van der Waals surface area contributed by atoms with Crippen LogP contribution < -0.4 is 0 Å². The molecule has 0 N–H and O–H groups in total. The summed E-state index contributed by atoms with van der Waals surface area (Å²) in [5, 5.41) is 0. The number of hydrogen-bond acceptors (Lipinski definition) is 0. The van der Waals surface area contributed by atoms with Crippen LogP contribution in [0.25, 0.3) is 0 Å². The predicted octanol–water partition coefficient (Wildman–Crippen LogP) is 8.99. The quantitative estimate of drug-likeness (QED) is 0.414. The van der Waals surface area contributed by atoms with Crippen molar-refractivity contribution in [2.24, 2.45) is 17.8 Å². The molecule has 0 radical (unpaired) electrons. The van der Waals surface area contributed by atoms with Gasteiger partial charge in [0, 0.05) is 12.8 Å². The molecular formula is C21H48F2. The topological polar surface area (TPSA) is 0 Å². The Bertz CT molecular complexity index is 186. The summed E-state index contributed by atoms with van der Waals surface area (Å²) in [5.41, 5.74) is 0. The molecule has 0 aliphatic carbocycles. The van der Waals surface area contributed by atoms with E-state index in [4.69, 9.17) is 0 Å². The molecule has 0 aliphatic rings. The van der Waals surface area contributed by atoms with Gasteiger partial charge in [-0.1, -0.05) is 95.4 Å². The van der Waals surface area contributed by atoms with Crippen molar-refractivity contribution in [3.05, 3.63) is 0 Å². The van der Waals surface area contributed by atoms with Crippen molar-refractivity contribution >= 4 is 0 Å². The Balaban J connectivity index is -0.000000140. The minimum absolute atomic E-state index is 0.0275. The number of hydrogen-bond donors (Lipinski definition) is 0. The Morgan fingerprint density at radius 2 is 1.17 bits per heavy atom. The molecule has 146 valence electrons. The molecule has 0 fully saturated rings. The fourth-order valence-electron chi connectivity index (χ4n) is 1.90. The fraction of sp³-hybridized carbons (Fsp3) is 1.00. The Kier molecular flexibility index (Phi) is 29.2. The van der Waals surface area contributed by atoms with Crippen LogP contribution in [0.3, 0.4) is 0 Å². The Labute approximate surface area is 147 Å². The molecule has 0 heterocycles. The van der Waals surface area contributed by atoms with E-state index in [0.717, 1.165) is 5.92 Å². The molecule has 0 aliphatic heterocycles. The SMILES string of the molecule is CC.CC.CC(C)CCC(F)(F)CC(C)C.CCCC(C)CC. The van der Waals surface area contributed by atoms with Crippen LogP contribution >= 0.6 is 0 Å². The van der Waals surface area contributed by atoms with Gasteiger partial charge in [0.05, 0.1) is 0 Å². The molecule has 0 bridgehead atoms. The maximum Gasteiger partial charge on any atom is 0.248 e. The molecule has 0 aromatic rings. The third kappa shape index (κ3) is 34.3. The van der Waals surface area contributed by atoms with E-state index in [1.54, 1.807) is 0 Å². The van der Waals surface area contributed by atoms with Crippen molar-refractivity contribution in [1.29, 1.82) is 0 Å². The van der Waals surface area contributed by atoms with Gasteiger partial charge in [-0.2, -0.15) is 0 Å². The second-order valence-corrected chi connectivity index (χ2v) is 6.69. The third-order valence-electron chi connectivity index (χ3n) is 3.27. The summed E-state index contributed by atoms with van der Waals surface area (Å²) in [7, 11) is 0. The molecule has 0 aromatic heterocycles. The number of halogens is 2. The zero-order valence-electron chi connectivity index (χ0n) is 18.2. The average Bonchev–Trinajstić information content (AvgIpc) is 2.49. The second-order valence-electron chi connectivity index (χ2n) is 6.69. The lowest BCUT2D eigenvalue weighted by atomic mass is 9.98. The highest BCUT2D eigenvalue weighted by molar-refractivity contribution is 4.68. The van der Waals surface area contributed by atoms with Gasteiger partial charge in [-0.3, -0.25) is 0 Å². The molecule has 1 atom stereocenters. The lowest BCUT2D eigenvalue weighted by Gasteiger charge is -2.19. The van der Waals surface area contributed by atoms with Gasteiger partial charge < -0.3 is 0 Å². The van der Waals surface area contributed by atoms with Gasteiger partial charge in [-0.05, 0) is 24.2 Å². The minimum Gasteiger partial charge on any atom is -0.207 e. The van der Waals surface area contributed by atoms with E-state index in [9.17, 15) is 8.78 Å². The van der Waals surface area contributed by atoms with Gasteiger partial charge in [0.25, 0.3) is 0 Å². The van der Waals surface area contributed by atoms with Gasteiger partial charge in [-0.25, -0.2) is 8.78 Å². The first-order valence-electron chi connectivity index (χ1n) is 10.0. The maximum absolute atomic E-state index is 13.0. The normalized spacial score (nSPS) is 11.6. The summed E-state index contributed by atoms with van der Waals surface area (Å²) in [6.07, 6.45) is 4.78. The lowest BCUT2D eigenvalue weighted by Crippen LogP contribution is -2.19. The highest BCUT2D eigenvalue weighted by Crippen LogP contribution is 2.29. The predicted molar refractivity (Wildman–Crippen MR) is 106 cm³/mol. The van der Waals surface area contributed by atoms with Gasteiger partial charge in [0.1, 0.15) is 0 Å². The molecule has 0 spiro atoms. The highest BCUT2D eigenvalue weighted by atomic mass is 19.3. The monoisotopic (exact) mass is 338 g/mol. The zero-order chi connectivity index (χ0) is 19.5. The first kappa shape index (κ1) is 30.7. The summed E-state index contributed by atoms with van der Waals surface area (Å²) in [5.74, 6) is -1.03. The summed E-state index contributed by atoms with van der Waals surface area (Å²) in [6, 6.07) is 0. The first-order chi connectivity index (χ1) is 10.6. The van der Waals surface area contributed by atoms with E-state index in [1.807, 2.05) is 55.4 Å². The van der Waals surface area contributed by atoms with Crippen LogP contribution in [0.1, 0.15) is 115 Å². The van der Waals surface area contributed by atoms with E-state index in [1.165, 1.54) is 19.3 Å². The molecular weight excluding hydrogens is 290 g/mol. The molecule has 0 saturated carbocycles. The van der Waals surface area contributed by atoms with Crippen molar-refractivity contribution in [3.8, 4) is 0 Å². The average molecular weight is 339 g/mol. The first-order valence-corrected chi connectivity index (χ1v) is 10.0. The van der Waals surface area contributed by atoms with Gasteiger partial charge >= 0.3 is 0 Å². The minimum atomic E-state index is -2.45. The molecule has 2 heteroatoms. The van der Waals surface area contributed by atoms with E-state index in [-0.39, 0.29) is 18.8 Å². The Morgan fingerprint density at radius 3 is 1.39 bits per heavy atom. The second kappa shape index (κ2) is 21.9. The molecule has 0 saturated heterocycles. The molecule has 0 aromatic carbocycles. The van der Waals surface area contributed by atoms with Gasteiger partial charge in [0.2, 0.25) is 5.92 Å². The van der Waals surface area contributed by atoms with Crippen molar-refractivity contribution in [3.63, 3.8) is 0 Å². The summed E-state index contributed by atoms with van der Waals surface area (Å²) < 4.78 is 26.1. The van der Waals surface area contributed by atoms with Crippen LogP contribution in [0.2, 0.25) is 0 Å². The highest BCUT2D eigenvalue weighted by Gasteiger charge is 2.29. The van der Waals surface area contributed by atoms with Crippen LogP contribution in [-0.2, 0) is 0 Å². The van der Waals surface area contributed by atoms with Gasteiger partial charge in [-0.15, -0.1) is 0 Å². The zero-order valence-corrected chi connectivity index (χ0v) is 18.2. The molecule has 0 rings (SSSR count). The summed E-state index contributed by atoms with van der Waals surface area (Å²) in [4.78, 5) is 0. The van der Waals surface area contributed by atoms with Crippen molar-refractivity contribution < 1.29 is 8.78 Å². The van der Waals surface area contributed by atoms with Crippen molar-refractivity contribution in [1.82, 2.24) is 0 Å². The van der Waals surface area contributed by atoms with E-state index >= 15 is 0 Å². The number of alkyl halides is 2. The van der Waals surface area contributed by atoms with E-state index in [2.05, 4.69) is 20.8 Å². The van der Waals surface area contributed by atoms with Crippen LogP contribution in [0.4, 0.5) is 8.78 Å². The van der Waals surface area contributed by atoms with Gasteiger partial charge in [0.15, 0.2) is 0 Å². The molecule has 0 nitrogen and oxygen atoms in total. The molecule has 1 unspecified atom stereocenters. The largest absolute Gasteiger partial charge is 0.248 e. The lowest BCUT2D eigenvalue weighted by molar-refractivity contribution is -0.0312. The van der Waals surface area contributed by atoms with Crippen molar-refractivity contribution in [2.75, 3.05) is 0 Å². The summed E-state index contributed by atoms with van der Waals surface area (Å²) in [6.45, 7) is 22.4.